The fourth-order valence-electron chi connectivity index (χ4n) is 2.51. The van der Waals surface area contributed by atoms with Crippen LogP contribution in [0.25, 0.3) is 10.8 Å². The Kier molecular flexibility index (Phi) is 5.17. The molecule has 11 heteroatoms. The van der Waals surface area contributed by atoms with Crippen molar-refractivity contribution in [1.82, 2.24) is 0 Å². The molecule has 146 valence electrons. The third kappa shape index (κ3) is 4.17. The molecule has 0 aliphatic rings. The van der Waals surface area contributed by atoms with Gasteiger partial charge in [0.15, 0.2) is 0 Å². The Hall–Kier alpha value is -2.86. The fraction of sp³-hybridized carbons (Fsp3) is 0.0588. The van der Waals surface area contributed by atoms with Gasteiger partial charge in [-0.1, -0.05) is 24.3 Å². The lowest BCUT2D eigenvalue weighted by atomic mass is 10.1. The van der Waals surface area contributed by atoms with Gasteiger partial charge in [0.25, 0.3) is 20.2 Å². The molecule has 0 aliphatic heterocycles. The van der Waals surface area contributed by atoms with Crippen LogP contribution >= 0.6 is 0 Å². The quantitative estimate of drug-likeness (QED) is 0.471. The molecule has 0 bridgehead atoms. The SMILES string of the molecule is COc1ccc(N=Nc2cc3ccccc3cc2S(=O)(=O)O)c(S(=O)(=O)O)c1. The summed E-state index contributed by atoms with van der Waals surface area (Å²) < 4.78 is 70.4. The number of hydrogen-bond acceptors (Lipinski definition) is 7. The number of fused-ring (bicyclic) bond motifs is 1. The van der Waals surface area contributed by atoms with Crippen molar-refractivity contribution in [3.05, 3.63) is 54.6 Å². The molecule has 0 amide bonds. The molecular formula is C17H14N2O7S2. The summed E-state index contributed by atoms with van der Waals surface area (Å²) in [4.78, 5) is -1.05. The second kappa shape index (κ2) is 7.28. The van der Waals surface area contributed by atoms with Gasteiger partial charge in [0, 0.05) is 6.07 Å². The zero-order chi connectivity index (χ0) is 20.5. The highest BCUT2D eigenvalue weighted by molar-refractivity contribution is 7.86. The Morgan fingerprint density at radius 2 is 1.29 bits per heavy atom. The summed E-state index contributed by atoms with van der Waals surface area (Å²) in [7, 11) is -7.95. The van der Waals surface area contributed by atoms with Crippen molar-refractivity contribution in [2.24, 2.45) is 10.2 Å². The van der Waals surface area contributed by atoms with Crippen molar-refractivity contribution in [1.29, 1.82) is 0 Å². The molecular weight excluding hydrogens is 408 g/mol. The van der Waals surface area contributed by atoms with E-state index in [9.17, 15) is 25.9 Å². The lowest BCUT2D eigenvalue weighted by Crippen LogP contribution is -1.99. The van der Waals surface area contributed by atoms with Gasteiger partial charge >= 0.3 is 0 Å². The van der Waals surface area contributed by atoms with Crippen molar-refractivity contribution in [3.8, 4) is 5.75 Å². The highest BCUT2D eigenvalue weighted by atomic mass is 32.2. The molecule has 3 aromatic rings. The van der Waals surface area contributed by atoms with E-state index in [4.69, 9.17) is 4.74 Å². The third-order valence-corrected chi connectivity index (χ3v) is 5.58. The van der Waals surface area contributed by atoms with Crippen LogP contribution in [0.4, 0.5) is 11.4 Å². The number of methoxy groups -OCH3 is 1. The van der Waals surface area contributed by atoms with E-state index in [0.717, 1.165) is 6.07 Å². The highest BCUT2D eigenvalue weighted by Gasteiger charge is 2.19. The first kappa shape index (κ1) is 19.9. The van der Waals surface area contributed by atoms with E-state index in [0.29, 0.717) is 10.8 Å². The second-order valence-corrected chi connectivity index (χ2v) is 8.43. The van der Waals surface area contributed by atoms with E-state index in [2.05, 4.69) is 10.2 Å². The number of hydrogen-bond donors (Lipinski definition) is 2. The van der Waals surface area contributed by atoms with Crippen LogP contribution in [0.5, 0.6) is 5.75 Å². The van der Waals surface area contributed by atoms with Gasteiger partial charge in [0.1, 0.15) is 26.9 Å². The lowest BCUT2D eigenvalue weighted by Gasteiger charge is -2.07. The molecule has 0 saturated heterocycles. The van der Waals surface area contributed by atoms with Crippen LogP contribution in [0.15, 0.2) is 74.6 Å². The normalized spacial score (nSPS) is 12.5. The third-order valence-electron chi connectivity index (χ3n) is 3.82. The molecule has 0 radical (unpaired) electrons. The van der Waals surface area contributed by atoms with Crippen molar-refractivity contribution < 1.29 is 30.7 Å². The maximum absolute atomic E-state index is 11.7. The van der Waals surface area contributed by atoms with Crippen molar-refractivity contribution in [2.45, 2.75) is 9.79 Å². The second-order valence-electron chi connectivity index (χ2n) is 5.65. The molecule has 0 spiro atoms. The minimum absolute atomic E-state index is 0.163. The number of azo groups is 1. The van der Waals surface area contributed by atoms with Gasteiger partial charge in [-0.15, -0.1) is 10.2 Å². The van der Waals surface area contributed by atoms with E-state index in [1.807, 2.05) is 0 Å². The monoisotopic (exact) mass is 422 g/mol. The zero-order valence-electron chi connectivity index (χ0n) is 14.3. The largest absolute Gasteiger partial charge is 0.497 e. The van der Waals surface area contributed by atoms with Crippen LogP contribution in [0.3, 0.4) is 0 Å². The number of rotatable bonds is 5. The summed E-state index contributed by atoms with van der Waals surface area (Å²) in [6.07, 6.45) is 0. The molecule has 0 saturated carbocycles. The van der Waals surface area contributed by atoms with E-state index in [-0.39, 0.29) is 17.1 Å². The summed E-state index contributed by atoms with van der Waals surface area (Å²) in [5.74, 6) is 0.163. The maximum Gasteiger partial charge on any atom is 0.296 e. The first-order valence-corrected chi connectivity index (χ1v) is 10.5. The van der Waals surface area contributed by atoms with Gasteiger partial charge < -0.3 is 4.74 Å². The fourth-order valence-corrected chi connectivity index (χ4v) is 3.79. The first-order chi connectivity index (χ1) is 13.1. The molecule has 9 nitrogen and oxygen atoms in total. The van der Waals surface area contributed by atoms with Crippen LogP contribution in [-0.4, -0.2) is 33.1 Å². The van der Waals surface area contributed by atoms with Crippen LogP contribution in [0, 0.1) is 0 Å². The maximum atomic E-state index is 11.7. The standard InChI is InChI=1S/C17H14N2O7S2/c1-26-13-6-7-14(17(10-13)28(23,24)25)18-19-15-8-11-4-2-3-5-12(11)9-16(15)27(20,21)22/h2-10H,1H3,(H,20,21,22)(H,23,24,25). The topological polar surface area (TPSA) is 143 Å². The number of benzene rings is 3. The van der Waals surface area contributed by atoms with E-state index in [1.165, 1.54) is 31.4 Å². The minimum atomic E-state index is -4.65. The van der Waals surface area contributed by atoms with Gasteiger partial charge in [-0.2, -0.15) is 16.8 Å². The molecule has 0 unspecified atom stereocenters. The predicted molar refractivity (Wildman–Crippen MR) is 101 cm³/mol. The Morgan fingerprint density at radius 3 is 1.86 bits per heavy atom. The average molecular weight is 422 g/mol. The molecule has 0 aromatic heterocycles. The van der Waals surface area contributed by atoms with Gasteiger partial charge in [-0.25, -0.2) is 0 Å². The van der Waals surface area contributed by atoms with Gasteiger partial charge in [0.2, 0.25) is 0 Å². The molecule has 0 fully saturated rings. The van der Waals surface area contributed by atoms with Crippen LogP contribution in [0.2, 0.25) is 0 Å². The summed E-state index contributed by atoms with van der Waals surface area (Å²) in [6.45, 7) is 0. The van der Waals surface area contributed by atoms with E-state index < -0.39 is 30.0 Å². The molecule has 3 rings (SSSR count). The van der Waals surface area contributed by atoms with Crippen LogP contribution < -0.4 is 4.74 Å². The van der Waals surface area contributed by atoms with Crippen molar-refractivity contribution >= 4 is 42.4 Å². The van der Waals surface area contributed by atoms with Crippen LogP contribution in [-0.2, 0) is 20.2 Å². The van der Waals surface area contributed by atoms with Crippen LogP contribution in [0.1, 0.15) is 0 Å². The summed E-state index contributed by atoms with van der Waals surface area (Å²) in [6, 6.07) is 13.1. The smallest absolute Gasteiger partial charge is 0.296 e. The van der Waals surface area contributed by atoms with E-state index in [1.54, 1.807) is 24.3 Å². The average Bonchev–Trinajstić information content (AvgIpc) is 2.64. The molecule has 0 aliphatic carbocycles. The molecule has 28 heavy (non-hydrogen) atoms. The summed E-state index contributed by atoms with van der Waals surface area (Å²) >= 11 is 0. The number of nitrogens with zero attached hydrogens (tertiary/aromatic N) is 2. The Balaban J connectivity index is 2.19. The van der Waals surface area contributed by atoms with Gasteiger partial charge in [-0.05, 0) is 35.0 Å². The minimum Gasteiger partial charge on any atom is -0.497 e. The molecule has 0 atom stereocenters. The molecule has 3 aromatic carbocycles. The Labute approximate surface area is 160 Å². The lowest BCUT2D eigenvalue weighted by molar-refractivity contribution is 0.412. The number of ether oxygens (including phenoxy) is 1. The Morgan fingerprint density at radius 1 is 0.750 bits per heavy atom. The predicted octanol–water partition coefficient (Wildman–Crippen LogP) is 3.76. The van der Waals surface area contributed by atoms with E-state index >= 15 is 0 Å². The molecule has 2 N–H and O–H groups in total. The summed E-state index contributed by atoms with van der Waals surface area (Å²) in [5, 5.41) is 8.73. The van der Waals surface area contributed by atoms with Crippen molar-refractivity contribution in [3.63, 3.8) is 0 Å². The highest BCUT2D eigenvalue weighted by Crippen LogP contribution is 2.34. The molecule has 0 heterocycles. The summed E-state index contributed by atoms with van der Waals surface area (Å²) in [5.41, 5.74) is -0.434. The Bertz CT molecular complexity index is 1300. The van der Waals surface area contributed by atoms with Crippen molar-refractivity contribution in [2.75, 3.05) is 7.11 Å². The van der Waals surface area contributed by atoms with Gasteiger partial charge in [0.05, 0.1) is 7.11 Å². The first-order valence-electron chi connectivity index (χ1n) is 7.67. The van der Waals surface area contributed by atoms with Gasteiger partial charge in [-0.3, -0.25) is 9.11 Å². The zero-order valence-corrected chi connectivity index (χ0v) is 16.0.